The normalized spacial score (nSPS) is 10.2. The Labute approximate surface area is 313 Å². The first-order chi connectivity index (χ1) is 26.8. The first-order valence-electron chi connectivity index (χ1n) is 17.2. The Morgan fingerprint density at radius 3 is 0.519 bits per heavy atom. The molecule has 0 aromatic carbocycles. The molecule has 0 aliphatic carbocycles. The number of hydrogen-bond acceptors (Lipinski definition) is 9. The minimum Gasteiger partial charge on any atom is -0.255 e. The highest BCUT2D eigenvalue weighted by Crippen LogP contribution is 2.23. The molecule has 9 aromatic heterocycles. The molecule has 9 nitrogen and oxygen atoms in total. The number of hydrogen-bond donors (Lipinski definition) is 0. The fourth-order valence-corrected chi connectivity index (χ4v) is 5.25. The molecule has 0 aliphatic heterocycles. The van der Waals surface area contributed by atoms with Gasteiger partial charge in [-0.25, -0.2) is 15.0 Å². The van der Waals surface area contributed by atoms with Gasteiger partial charge in [-0.05, 0) is 109 Å². The van der Waals surface area contributed by atoms with Crippen molar-refractivity contribution in [3.05, 3.63) is 201 Å². The molecule has 0 atom stereocenters. The van der Waals surface area contributed by atoms with E-state index in [2.05, 4.69) is 34.9 Å². The number of pyridine rings is 9. The van der Waals surface area contributed by atoms with Crippen LogP contribution in [0.25, 0.3) is 68.3 Å². The van der Waals surface area contributed by atoms with Crippen molar-refractivity contribution in [2.45, 2.75) is 0 Å². The second-order valence-corrected chi connectivity index (χ2v) is 11.5. The van der Waals surface area contributed by atoms with Crippen LogP contribution in [0.5, 0.6) is 0 Å². The predicted octanol–water partition coefficient (Wildman–Crippen LogP) is 9.62. The molecule has 0 bridgehead atoms. The Hall–Kier alpha value is -7.65. The van der Waals surface area contributed by atoms with E-state index >= 15 is 0 Å². The molecule has 9 aromatic rings. The lowest BCUT2D eigenvalue weighted by molar-refractivity contribution is 1.20. The van der Waals surface area contributed by atoms with Crippen LogP contribution in [-0.2, 0) is 0 Å². The van der Waals surface area contributed by atoms with Gasteiger partial charge in [0.1, 0.15) is 0 Å². The van der Waals surface area contributed by atoms with E-state index in [1.807, 2.05) is 164 Å². The van der Waals surface area contributed by atoms with Gasteiger partial charge in [-0.1, -0.05) is 54.6 Å². The van der Waals surface area contributed by atoms with Gasteiger partial charge in [0.15, 0.2) is 0 Å². The average Bonchev–Trinajstić information content (AvgIpc) is 3.29. The zero-order valence-electron chi connectivity index (χ0n) is 29.1. The Bertz CT molecular complexity index is 2300. The zero-order valence-corrected chi connectivity index (χ0v) is 29.1. The third kappa shape index (κ3) is 9.36. The Kier molecular flexibility index (Phi) is 11.6. The lowest BCUT2D eigenvalue weighted by Crippen LogP contribution is -1.93. The van der Waals surface area contributed by atoms with Crippen molar-refractivity contribution in [3.8, 4) is 68.3 Å². The molecule has 0 aliphatic rings. The fraction of sp³-hybridized carbons (Fsp3) is 0. The number of nitrogens with zero attached hydrogens (tertiary/aromatic N) is 9. The van der Waals surface area contributed by atoms with Gasteiger partial charge >= 0.3 is 0 Å². The highest BCUT2D eigenvalue weighted by Gasteiger charge is 2.08. The summed E-state index contributed by atoms with van der Waals surface area (Å²) in [6.07, 6.45) is 10.6. The first kappa shape index (κ1) is 34.8. The molecule has 9 rings (SSSR count). The third-order valence-corrected chi connectivity index (χ3v) is 7.81. The van der Waals surface area contributed by atoms with Crippen molar-refractivity contribution in [3.63, 3.8) is 0 Å². The maximum atomic E-state index is 4.70. The summed E-state index contributed by atoms with van der Waals surface area (Å²) in [6, 6.07) is 52.4. The van der Waals surface area contributed by atoms with Crippen molar-refractivity contribution in [1.82, 2.24) is 44.9 Å². The molecule has 0 N–H and O–H groups in total. The second kappa shape index (κ2) is 18.0. The summed E-state index contributed by atoms with van der Waals surface area (Å²) in [4.78, 5) is 39.7. The summed E-state index contributed by atoms with van der Waals surface area (Å²) < 4.78 is 0. The van der Waals surface area contributed by atoms with Crippen molar-refractivity contribution >= 4 is 0 Å². The van der Waals surface area contributed by atoms with Gasteiger partial charge in [-0.3, -0.25) is 29.9 Å². The van der Waals surface area contributed by atoms with Gasteiger partial charge in [0.2, 0.25) is 0 Å². The summed E-state index contributed by atoms with van der Waals surface area (Å²) in [5, 5.41) is 0. The largest absolute Gasteiger partial charge is 0.255 e. The standard InChI is InChI=1S/C20H14N4.C15H11N3.C10H8N2/c1-3-13-21-15(7-1)17-9-5-11-19(23-17)20-12-6-10-18(24-20)16-8-2-4-14-22-16;1-3-10-16-12(6-1)14-8-5-9-15(18-14)13-7-2-4-11-17-13;1-3-7-11-9(5-1)10-6-2-4-8-12-10/h1-14H;1-11H;1-8H. The van der Waals surface area contributed by atoms with E-state index in [0.29, 0.717) is 0 Å². The van der Waals surface area contributed by atoms with E-state index in [9.17, 15) is 0 Å². The smallest absolute Gasteiger partial charge is 0.0894 e. The van der Waals surface area contributed by atoms with E-state index in [0.717, 1.165) is 68.3 Å². The SMILES string of the molecule is c1ccc(-c2cccc(-c3cccc(-c4ccccn4)n3)n2)nc1.c1ccc(-c2cccc(-c3ccccn3)n2)nc1.c1ccc(-c2ccccn2)nc1. The van der Waals surface area contributed by atoms with Crippen molar-refractivity contribution in [2.24, 2.45) is 0 Å². The third-order valence-electron chi connectivity index (χ3n) is 7.81. The van der Waals surface area contributed by atoms with Crippen LogP contribution in [0.2, 0.25) is 0 Å². The van der Waals surface area contributed by atoms with E-state index < -0.39 is 0 Å². The van der Waals surface area contributed by atoms with Crippen LogP contribution in [0, 0.1) is 0 Å². The summed E-state index contributed by atoms with van der Waals surface area (Å²) >= 11 is 0. The molecule has 0 amide bonds. The Morgan fingerprint density at radius 1 is 0.167 bits per heavy atom. The lowest BCUT2D eigenvalue weighted by Gasteiger charge is -2.06. The van der Waals surface area contributed by atoms with Crippen LogP contribution < -0.4 is 0 Å². The maximum Gasteiger partial charge on any atom is 0.0894 e. The Balaban J connectivity index is 0.000000132. The van der Waals surface area contributed by atoms with Crippen LogP contribution in [0.1, 0.15) is 0 Å². The first-order valence-corrected chi connectivity index (χ1v) is 17.2. The Morgan fingerprint density at radius 2 is 0.333 bits per heavy atom. The molecule has 9 heteroatoms. The molecule has 0 radical (unpaired) electrons. The highest BCUT2D eigenvalue weighted by atomic mass is 14.8. The van der Waals surface area contributed by atoms with E-state index in [1.165, 1.54) is 0 Å². The molecule has 9 heterocycles. The van der Waals surface area contributed by atoms with Gasteiger partial charge in [-0.2, -0.15) is 0 Å². The van der Waals surface area contributed by atoms with Crippen LogP contribution in [-0.4, -0.2) is 44.9 Å². The van der Waals surface area contributed by atoms with Crippen LogP contribution in [0.4, 0.5) is 0 Å². The minimum atomic E-state index is 0.816. The van der Waals surface area contributed by atoms with Crippen LogP contribution in [0.15, 0.2) is 201 Å². The van der Waals surface area contributed by atoms with Crippen LogP contribution in [0.3, 0.4) is 0 Å². The predicted molar refractivity (Wildman–Crippen MR) is 212 cm³/mol. The monoisotopic (exact) mass is 699 g/mol. The minimum absolute atomic E-state index is 0.816. The summed E-state index contributed by atoms with van der Waals surface area (Å²) in [7, 11) is 0. The molecule has 258 valence electrons. The van der Waals surface area contributed by atoms with E-state index in [-0.39, 0.29) is 0 Å². The number of rotatable bonds is 6. The molecule has 0 fully saturated rings. The highest BCUT2D eigenvalue weighted by molar-refractivity contribution is 5.65. The van der Waals surface area contributed by atoms with Gasteiger partial charge < -0.3 is 0 Å². The second-order valence-electron chi connectivity index (χ2n) is 11.5. The summed E-state index contributed by atoms with van der Waals surface area (Å²) in [5.74, 6) is 0. The van der Waals surface area contributed by atoms with Gasteiger partial charge in [0.05, 0.1) is 68.3 Å². The van der Waals surface area contributed by atoms with Gasteiger partial charge in [0.25, 0.3) is 0 Å². The summed E-state index contributed by atoms with van der Waals surface area (Å²) in [6.45, 7) is 0. The van der Waals surface area contributed by atoms with Crippen molar-refractivity contribution in [1.29, 1.82) is 0 Å². The number of aromatic nitrogens is 9. The quantitative estimate of drug-likeness (QED) is 0.167. The van der Waals surface area contributed by atoms with E-state index in [4.69, 9.17) is 9.97 Å². The average molecular weight is 700 g/mol. The molecule has 0 saturated heterocycles. The zero-order chi connectivity index (χ0) is 36.6. The fourth-order valence-electron chi connectivity index (χ4n) is 5.25. The molecule has 0 unspecified atom stereocenters. The van der Waals surface area contributed by atoms with Gasteiger partial charge in [-0.15, -0.1) is 0 Å². The molecular weight excluding hydrogens is 667 g/mol. The van der Waals surface area contributed by atoms with Crippen molar-refractivity contribution < 1.29 is 0 Å². The van der Waals surface area contributed by atoms with Gasteiger partial charge in [0, 0.05) is 37.2 Å². The molecular formula is C45H33N9. The van der Waals surface area contributed by atoms with Crippen molar-refractivity contribution in [2.75, 3.05) is 0 Å². The molecule has 54 heavy (non-hydrogen) atoms. The summed E-state index contributed by atoms with van der Waals surface area (Å²) in [5.41, 5.74) is 10.3. The van der Waals surface area contributed by atoms with E-state index in [1.54, 1.807) is 37.2 Å². The van der Waals surface area contributed by atoms with Crippen LogP contribution >= 0.6 is 0 Å². The topological polar surface area (TPSA) is 116 Å². The maximum absolute atomic E-state index is 4.70. The molecule has 0 saturated carbocycles. The molecule has 0 spiro atoms. The lowest BCUT2D eigenvalue weighted by atomic mass is 10.1.